The maximum absolute atomic E-state index is 11.8. The molecule has 19 heavy (non-hydrogen) atoms. The van der Waals surface area contributed by atoms with Crippen molar-refractivity contribution in [2.45, 2.75) is 39.0 Å². The van der Waals surface area contributed by atoms with Crippen molar-refractivity contribution in [3.63, 3.8) is 0 Å². The van der Waals surface area contributed by atoms with E-state index in [4.69, 9.17) is 5.11 Å². The number of carboxylic acids is 1. The van der Waals surface area contributed by atoms with Gasteiger partial charge in [-0.15, -0.1) is 0 Å². The molecular formula is C13H22N2O4. The van der Waals surface area contributed by atoms with Gasteiger partial charge in [-0.2, -0.15) is 0 Å². The van der Waals surface area contributed by atoms with Crippen LogP contribution in [0.4, 0.5) is 0 Å². The van der Waals surface area contributed by atoms with E-state index in [1.54, 1.807) is 0 Å². The summed E-state index contributed by atoms with van der Waals surface area (Å²) in [5.41, 5.74) is 0. The van der Waals surface area contributed by atoms with Gasteiger partial charge in [0.1, 0.15) is 0 Å². The lowest BCUT2D eigenvalue weighted by atomic mass is 9.95. The van der Waals surface area contributed by atoms with Crippen LogP contribution in [0.15, 0.2) is 0 Å². The number of amides is 2. The van der Waals surface area contributed by atoms with Crippen LogP contribution in [-0.4, -0.2) is 36.0 Å². The Bertz CT molecular complexity index is 344. The summed E-state index contributed by atoms with van der Waals surface area (Å²) >= 11 is 0. The van der Waals surface area contributed by atoms with Crippen LogP contribution in [0.25, 0.3) is 0 Å². The zero-order chi connectivity index (χ0) is 14.3. The van der Waals surface area contributed by atoms with Gasteiger partial charge in [-0.3, -0.25) is 14.4 Å². The summed E-state index contributed by atoms with van der Waals surface area (Å²) in [5, 5.41) is 14.4. The largest absolute Gasteiger partial charge is 0.481 e. The fraction of sp³-hybridized carbons (Fsp3) is 0.769. The van der Waals surface area contributed by atoms with E-state index in [-0.39, 0.29) is 24.8 Å². The summed E-state index contributed by atoms with van der Waals surface area (Å²) in [6, 6.07) is 0. The minimum atomic E-state index is -0.904. The molecule has 2 amide bonds. The smallest absolute Gasteiger partial charge is 0.307 e. The van der Waals surface area contributed by atoms with Crippen LogP contribution in [0, 0.1) is 11.8 Å². The van der Waals surface area contributed by atoms with Gasteiger partial charge < -0.3 is 15.7 Å². The molecule has 1 rings (SSSR count). The van der Waals surface area contributed by atoms with Crippen molar-refractivity contribution in [1.82, 2.24) is 10.6 Å². The number of rotatable bonds is 7. The number of hydrogen-bond acceptors (Lipinski definition) is 3. The number of nitrogens with one attached hydrogen (secondary N) is 2. The molecule has 0 radical (unpaired) electrons. The van der Waals surface area contributed by atoms with Crippen LogP contribution in [-0.2, 0) is 14.4 Å². The molecule has 1 aliphatic carbocycles. The first-order valence-electron chi connectivity index (χ1n) is 6.83. The molecule has 6 heteroatoms. The van der Waals surface area contributed by atoms with Crippen LogP contribution in [0.3, 0.4) is 0 Å². The molecule has 0 saturated heterocycles. The highest BCUT2D eigenvalue weighted by atomic mass is 16.4. The van der Waals surface area contributed by atoms with Gasteiger partial charge in [0.2, 0.25) is 11.8 Å². The number of aliphatic carboxylic acids is 1. The van der Waals surface area contributed by atoms with Gasteiger partial charge >= 0.3 is 5.97 Å². The van der Waals surface area contributed by atoms with Crippen molar-refractivity contribution < 1.29 is 19.5 Å². The van der Waals surface area contributed by atoms with Gasteiger partial charge in [0.05, 0.1) is 11.8 Å². The van der Waals surface area contributed by atoms with Crippen LogP contribution in [0.2, 0.25) is 0 Å². The molecule has 0 aromatic rings. The third-order valence-corrected chi connectivity index (χ3v) is 3.39. The van der Waals surface area contributed by atoms with E-state index in [0.29, 0.717) is 19.4 Å². The third-order valence-electron chi connectivity index (χ3n) is 3.39. The molecule has 0 heterocycles. The maximum Gasteiger partial charge on any atom is 0.307 e. The van der Waals surface area contributed by atoms with Crippen molar-refractivity contribution >= 4 is 17.8 Å². The molecular weight excluding hydrogens is 248 g/mol. The monoisotopic (exact) mass is 270 g/mol. The van der Waals surface area contributed by atoms with Gasteiger partial charge in [-0.05, 0) is 19.3 Å². The summed E-state index contributed by atoms with van der Waals surface area (Å²) in [4.78, 5) is 34.1. The lowest BCUT2D eigenvalue weighted by molar-refractivity contribution is -0.146. The quantitative estimate of drug-likeness (QED) is 0.628. The van der Waals surface area contributed by atoms with Gasteiger partial charge in [0, 0.05) is 19.5 Å². The van der Waals surface area contributed by atoms with Crippen molar-refractivity contribution in [3.05, 3.63) is 0 Å². The molecule has 2 atom stereocenters. The Kier molecular flexibility index (Phi) is 6.32. The Balaban J connectivity index is 2.27. The maximum atomic E-state index is 11.8. The molecule has 108 valence electrons. The van der Waals surface area contributed by atoms with E-state index in [1.165, 1.54) is 0 Å². The number of carboxylic acid groups (broad SMARTS) is 1. The van der Waals surface area contributed by atoms with Gasteiger partial charge in [-0.25, -0.2) is 0 Å². The Morgan fingerprint density at radius 1 is 1.11 bits per heavy atom. The van der Waals surface area contributed by atoms with Crippen LogP contribution in [0.5, 0.6) is 0 Å². The van der Waals surface area contributed by atoms with E-state index in [0.717, 1.165) is 12.8 Å². The molecule has 0 aliphatic heterocycles. The minimum Gasteiger partial charge on any atom is -0.481 e. The Labute approximate surface area is 112 Å². The lowest BCUT2D eigenvalue weighted by Crippen LogP contribution is -2.37. The Morgan fingerprint density at radius 2 is 1.79 bits per heavy atom. The average Bonchev–Trinajstić information content (AvgIpc) is 2.85. The molecule has 2 unspecified atom stereocenters. The van der Waals surface area contributed by atoms with E-state index >= 15 is 0 Å². The zero-order valence-electron chi connectivity index (χ0n) is 11.3. The predicted molar refractivity (Wildman–Crippen MR) is 69.4 cm³/mol. The third kappa shape index (κ3) is 4.89. The van der Waals surface area contributed by atoms with Gasteiger partial charge in [0.15, 0.2) is 0 Å². The van der Waals surface area contributed by atoms with Crippen molar-refractivity contribution in [2.75, 3.05) is 13.1 Å². The SMILES string of the molecule is CCCNC(=O)CCNC(=O)C1CCCC1C(=O)O. The van der Waals surface area contributed by atoms with E-state index in [9.17, 15) is 14.4 Å². The summed E-state index contributed by atoms with van der Waals surface area (Å²) in [6.45, 7) is 2.86. The number of carbonyl (C=O) groups excluding carboxylic acids is 2. The highest BCUT2D eigenvalue weighted by molar-refractivity contribution is 5.85. The lowest BCUT2D eigenvalue weighted by Gasteiger charge is -2.15. The van der Waals surface area contributed by atoms with E-state index in [1.807, 2.05) is 6.92 Å². The molecule has 3 N–H and O–H groups in total. The highest BCUT2D eigenvalue weighted by Crippen LogP contribution is 2.31. The van der Waals surface area contributed by atoms with E-state index < -0.39 is 17.8 Å². The highest BCUT2D eigenvalue weighted by Gasteiger charge is 2.37. The first-order valence-corrected chi connectivity index (χ1v) is 6.83. The fourth-order valence-electron chi connectivity index (χ4n) is 2.35. The standard InChI is InChI=1S/C13H22N2O4/c1-2-7-14-11(16)6-8-15-12(17)9-4-3-5-10(9)13(18)19/h9-10H,2-8H2,1H3,(H,14,16)(H,15,17)(H,18,19). The van der Waals surface area contributed by atoms with Crippen LogP contribution >= 0.6 is 0 Å². The molecule has 0 aromatic heterocycles. The molecule has 0 spiro atoms. The molecule has 6 nitrogen and oxygen atoms in total. The summed E-state index contributed by atoms with van der Waals surface area (Å²) < 4.78 is 0. The first kappa shape index (κ1) is 15.5. The van der Waals surface area contributed by atoms with E-state index in [2.05, 4.69) is 10.6 Å². The summed E-state index contributed by atoms with van der Waals surface area (Å²) in [7, 11) is 0. The van der Waals surface area contributed by atoms with Gasteiger partial charge in [0.25, 0.3) is 0 Å². The van der Waals surface area contributed by atoms with Crippen molar-refractivity contribution in [1.29, 1.82) is 0 Å². The van der Waals surface area contributed by atoms with Gasteiger partial charge in [-0.1, -0.05) is 13.3 Å². The second-order valence-corrected chi connectivity index (χ2v) is 4.87. The predicted octanol–water partition coefficient (Wildman–Crippen LogP) is 0.520. The minimum absolute atomic E-state index is 0.0941. The average molecular weight is 270 g/mol. The van der Waals surface area contributed by atoms with Crippen molar-refractivity contribution in [2.24, 2.45) is 11.8 Å². The van der Waals surface area contributed by atoms with Crippen LogP contribution < -0.4 is 10.6 Å². The van der Waals surface area contributed by atoms with Crippen LogP contribution in [0.1, 0.15) is 39.0 Å². The Morgan fingerprint density at radius 3 is 2.42 bits per heavy atom. The number of hydrogen-bond donors (Lipinski definition) is 3. The number of carbonyl (C=O) groups is 3. The fourth-order valence-corrected chi connectivity index (χ4v) is 2.35. The normalized spacial score (nSPS) is 21.9. The molecule has 1 saturated carbocycles. The zero-order valence-corrected chi connectivity index (χ0v) is 11.3. The second-order valence-electron chi connectivity index (χ2n) is 4.87. The summed E-state index contributed by atoms with van der Waals surface area (Å²) in [5.74, 6) is -2.26. The molecule has 0 aromatic carbocycles. The molecule has 1 aliphatic rings. The first-order chi connectivity index (χ1) is 9.06. The topological polar surface area (TPSA) is 95.5 Å². The Hall–Kier alpha value is -1.59. The molecule has 0 bridgehead atoms. The molecule has 1 fully saturated rings. The van der Waals surface area contributed by atoms with Crippen molar-refractivity contribution in [3.8, 4) is 0 Å². The second kappa shape index (κ2) is 7.76. The summed E-state index contributed by atoms with van der Waals surface area (Å²) in [6.07, 6.45) is 3.05.